The normalized spacial score (nSPS) is 16.5. The highest BCUT2D eigenvalue weighted by molar-refractivity contribution is 5.92. The maximum absolute atomic E-state index is 11.6. The van der Waals surface area contributed by atoms with Crippen LogP contribution in [-0.2, 0) is 4.79 Å². The Bertz CT molecular complexity index is 318. The van der Waals surface area contributed by atoms with Crippen LogP contribution in [0.4, 0.5) is 5.69 Å². The van der Waals surface area contributed by atoms with E-state index >= 15 is 0 Å². The molecule has 3 nitrogen and oxygen atoms in total. The molecule has 1 aromatic rings. The molecule has 79 valence electrons. The zero-order valence-corrected chi connectivity index (χ0v) is 8.70. The molecule has 0 spiro atoms. The van der Waals surface area contributed by atoms with Gasteiger partial charge in [0.15, 0.2) is 0 Å². The Labute approximate surface area is 90.1 Å². The third-order valence-corrected chi connectivity index (χ3v) is 2.57. The van der Waals surface area contributed by atoms with Crippen LogP contribution in [0.25, 0.3) is 0 Å². The quantitative estimate of drug-likeness (QED) is 0.807. The molecule has 0 saturated carbocycles. The van der Waals surface area contributed by atoms with E-state index in [-0.39, 0.29) is 5.91 Å². The minimum Gasteiger partial charge on any atom is -0.325 e. The van der Waals surface area contributed by atoms with E-state index in [4.69, 9.17) is 0 Å². The fourth-order valence-corrected chi connectivity index (χ4v) is 1.81. The van der Waals surface area contributed by atoms with Crippen molar-refractivity contribution in [3.05, 3.63) is 30.3 Å². The molecule has 0 aromatic heterocycles. The van der Waals surface area contributed by atoms with Gasteiger partial charge in [-0.2, -0.15) is 0 Å². The number of carbonyl (C=O) groups is 1. The summed E-state index contributed by atoms with van der Waals surface area (Å²) in [5.41, 5.74) is 0.845. The standard InChI is InChI=1S/C12H15N2O/c15-12(10-14-8-4-5-9-14)13-11-6-2-1-3-7-11/h2-3,6-7H,4-5,8-10H2,(H,13,15). The van der Waals surface area contributed by atoms with Crippen LogP contribution in [0, 0.1) is 6.07 Å². The summed E-state index contributed by atoms with van der Waals surface area (Å²) in [6.07, 6.45) is 2.43. The highest BCUT2D eigenvalue weighted by Gasteiger charge is 2.14. The number of benzene rings is 1. The van der Waals surface area contributed by atoms with Crippen molar-refractivity contribution in [3.8, 4) is 0 Å². The number of nitrogens with zero attached hydrogens (tertiary/aromatic N) is 1. The third kappa shape index (κ3) is 3.06. The molecule has 0 bridgehead atoms. The smallest absolute Gasteiger partial charge is 0.238 e. The lowest BCUT2D eigenvalue weighted by molar-refractivity contribution is -0.117. The number of amides is 1. The lowest BCUT2D eigenvalue weighted by atomic mass is 10.3. The van der Waals surface area contributed by atoms with Crippen LogP contribution in [0.2, 0.25) is 0 Å². The van der Waals surface area contributed by atoms with Gasteiger partial charge < -0.3 is 5.32 Å². The van der Waals surface area contributed by atoms with Crippen molar-refractivity contribution < 1.29 is 4.79 Å². The Kier molecular flexibility index (Phi) is 3.35. The van der Waals surface area contributed by atoms with Gasteiger partial charge in [-0.1, -0.05) is 12.1 Å². The highest BCUT2D eigenvalue weighted by atomic mass is 16.2. The molecular weight excluding hydrogens is 188 g/mol. The summed E-state index contributed by atoms with van der Waals surface area (Å²) in [7, 11) is 0. The molecular formula is C12H15N2O. The van der Waals surface area contributed by atoms with Crippen LogP contribution in [-0.4, -0.2) is 30.4 Å². The molecule has 3 heteroatoms. The Balaban J connectivity index is 1.82. The van der Waals surface area contributed by atoms with E-state index in [1.807, 2.05) is 12.1 Å². The van der Waals surface area contributed by atoms with Crippen LogP contribution in [0.15, 0.2) is 24.3 Å². The molecule has 1 fully saturated rings. The number of hydrogen-bond acceptors (Lipinski definition) is 2. The number of hydrogen-bond donors (Lipinski definition) is 1. The van der Waals surface area contributed by atoms with Crippen LogP contribution in [0.5, 0.6) is 0 Å². The molecule has 1 saturated heterocycles. The monoisotopic (exact) mass is 203 g/mol. The van der Waals surface area contributed by atoms with Crippen LogP contribution in [0.1, 0.15) is 12.8 Å². The Hall–Kier alpha value is -1.35. The fourth-order valence-electron chi connectivity index (χ4n) is 1.81. The van der Waals surface area contributed by atoms with Gasteiger partial charge in [-0.3, -0.25) is 9.69 Å². The van der Waals surface area contributed by atoms with Crippen molar-refractivity contribution in [1.29, 1.82) is 0 Å². The van der Waals surface area contributed by atoms with Crippen LogP contribution >= 0.6 is 0 Å². The maximum atomic E-state index is 11.6. The zero-order valence-electron chi connectivity index (χ0n) is 8.70. The Morgan fingerprint density at radius 2 is 2.00 bits per heavy atom. The average molecular weight is 203 g/mol. The minimum atomic E-state index is 0.0723. The molecule has 0 unspecified atom stereocenters. The van der Waals surface area contributed by atoms with Gasteiger partial charge >= 0.3 is 0 Å². The van der Waals surface area contributed by atoms with Crippen molar-refractivity contribution in [3.63, 3.8) is 0 Å². The SMILES string of the molecule is O=C(CN1CCCC1)Nc1cc[c]cc1. The van der Waals surface area contributed by atoms with Crippen molar-refractivity contribution in [2.45, 2.75) is 12.8 Å². The van der Waals surface area contributed by atoms with Crippen molar-refractivity contribution in [2.24, 2.45) is 0 Å². The van der Waals surface area contributed by atoms with Gasteiger partial charge in [-0.05, 0) is 44.1 Å². The molecule has 15 heavy (non-hydrogen) atoms. The Morgan fingerprint density at radius 3 is 2.67 bits per heavy atom. The summed E-state index contributed by atoms with van der Waals surface area (Å²) in [4.78, 5) is 13.8. The molecule has 2 rings (SSSR count). The van der Waals surface area contributed by atoms with E-state index in [0.717, 1.165) is 18.8 Å². The summed E-state index contributed by atoms with van der Waals surface area (Å²) in [6.45, 7) is 2.62. The average Bonchev–Trinajstić information content (AvgIpc) is 2.71. The molecule has 1 aromatic carbocycles. The lowest BCUT2D eigenvalue weighted by Gasteiger charge is -2.13. The predicted molar refractivity (Wildman–Crippen MR) is 59.6 cm³/mol. The van der Waals surface area contributed by atoms with Gasteiger partial charge in [0.2, 0.25) is 5.91 Å². The largest absolute Gasteiger partial charge is 0.325 e. The molecule has 1 heterocycles. The van der Waals surface area contributed by atoms with Gasteiger partial charge in [0.1, 0.15) is 0 Å². The topological polar surface area (TPSA) is 32.3 Å². The number of rotatable bonds is 3. The maximum Gasteiger partial charge on any atom is 0.238 e. The summed E-state index contributed by atoms with van der Waals surface area (Å²) in [6, 6.07) is 10.2. The van der Waals surface area contributed by atoms with Crippen molar-refractivity contribution in [2.75, 3.05) is 25.0 Å². The minimum absolute atomic E-state index is 0.0723. The zero-order chi connectivity index (χ0) is 10.5. The lowest BCUT2D eigenvalue weighted by Crippen LogP contribution is -2.30. The molecule has 1 radical (unpaired) electrons. The van der Waals surface area contributed by atoms with Crippen LogP contribution in [0.3, 0.4) is 0 Å². The summed E-state index contributed by atoms with van der Waals surface area (Å²) in [5, 5.41) is 2.87. The van der Waals surface area contributed by atoms with E-state index in [2.05, 4.69) is 16.3 Å². The first-order chi connectivity index (χ1) is 7.34. The number of likely N-dealkylation sites (tertiary alicyclic amines) is 1. The van der Waals surface area contributed by atoms with Gasteiger partial charge in [0.05, 0.1) is 6.54 Å². The van der Waals surface area contributed by atoms with Gasteiger partial charge in [0, 0.05) is 5.69 Å². The first kappa shape index (κ1) is 10.2. The fraction of sp³-hybridized carbons (Fsp3) is 0.417. The van der Waals surface area contributed by atoms with Gasteiger partial charge in [0.25, 0.3) is 0 Å². The second kappa shape index (κ2) is 4.94. The third-order valence-electron chi connectivity index (χ3n) is 2.57. The first-order valence-corrected chi connectivity index (χ1v) is 5.33. The second-order valence-corrected chi connectivity index (χ2v) is 3.82. The van der Waals surface area contributed by atoms with Crippen molar-refractivity contribution >= 4 is 11.6 Å². The van der Waals surface area contributed by atoms with E-state index in [1.165, 1.54) is 12.8 Å². The Morgan fingerprint density at radius 1 is 1.33 bits per heavy atom. The molecule has 0 aliphatic carbocycles. The van der Waals surface area contributed by atoms with E-state index in [9.17, 15) is 4.79 Å². The van der Waals surface area contributed by atoms with E-state index in [0.29, 0.717) is 6.54 Å². The second-order valence-electron chi connectivity index (χ2n) is 3.82. The molecule has 1 aliphatic rings. The van der Waals surface area contributed by atoms with Crippen LogP contribution < -0.4 is 5.32 Å². The predicted octanol–water partition coefficient (Wildman–Crippen LogP) is 1.52. The molecule has 1 N–H and O–H groups in total. The number of carbonyl (C=O) groups excluding carboxylic acids is 1. The van der Waals surface area contributed by atoms with E-state index < -0.39 is 0 Å². The first-order valence-electron chi connectivity index (χ1n) is 5.33. The van der Waals surface area contributed by atoms with E-state index in [1.54, 1.807) is 12.1 Å². The number of nitrogens with one attached hydrogen (secondary N) is 1. The molecule has 0 atom stereocenters. The van der Waals surface area contributed by atoms with Gasteiger partial charge in [-0.15, -0.1) is 0 Å². The highest BCUT2D eigenvalue weighted by Crippen LogP contribution is 2.08. The molecule has 1 aliphatic heterocycles. The summed E-state index contributed by atoms with van der Waals surface area (Å²) < 4.78 is 0. The van der Waals surface area contributed by atoms with Crippen molar-refractivity contribution in [1.82, 2.24) is 4.90 Å². The van der Waals surface area contributed by atoms with Gasteiger partial charge in [-0.25, -0.2) is 0 Å². The molecule has 1 amide bonds. The summed E-state index contributed by atoms with van der Waals surface area (Å²) >= 11 is 0. The number of anilines is 1. The summed E-state index contributed by atoms with van der Waals surface area (Å²) in [5.74, 6) is 0.0723.